The molecular formula is C8H12N4O4S. The zero-order valence-corrected chi connectivity index (χ0v) is 10.1. The Hall–Kier alpha value is -1.74. The van der Waals surface area contributed by atoms with Crippen LogP contribution in [-0.2, 0) is 9.53 Å². The van der Waals surface area contributed by atoms with Gasteiger partial charge in [0, 0.05) is 7.11 Å². The van der Waals surface area contributed by atoms with E-state index in [1.165, 1.54) is 18.4 Å². The van der Waals surface area contributed by atoms with Crippen molar-refractivity contribution in [2.75, 3.05) is 19.0 Å². The zero-order valence-electron chi connectivity index (χ0n) is 9.26. The molecule has 0 aromatic carbocycles. The van der Waals surface area contributed by atoms with Crippen LogP contribution in [0.2, 0.25) is 0 Å². The minimum absolute atomic E-state index is 0.113. The quantitative estimate of drug-likeness (QED) is 0.690. The maximum absolute atomic E-state index is 11.4. The Morgan fingerprint density at radius 1 is 1.53 bits per heavy atom. The number of aromatic nitrogens is 2. The summed E-state index contributed by atoms with van der Waals surface area (Å²) in [5.74, 6) is -1.17. The fourth-order valence-electron chi connectivity index (χ4n) is 0.980. The Morgan fingerprint density at radius 2 is 2.24 bits per heavy atom. The van der Waals surface area contributed by atoms with Gasteiger partial charge in [-0.15, -0.1) is 10.2 Å². The van der Waals surface area contributed by atoms with E-state index in [4.69, 9.17) is 5.11 Å². The first kappa shape index (κ1) is 13.3. The summed E-state index contributed by atoms with van der Waals surface area (Å²) >= 11 is 1.19. The van der Waals surface area contributed by atoms with Crippen LogP contribution >= 0.6 is 11.3 Å². The van der Waals surface area contributed by atoms with Crippen LogP contribution < -0.4 is 10.6 Å². The van der Waals surface area contributed by atoms with Crippen molar-refractivity contribution in [3.05, 3.63) is 5.01 Å². The largest absolute Gasteiger partial charge is 0.480 e. The third-order valence-corrected chi connectivity index (χ3v) is 2.44. The molecule has 0 radical (unpaired) electrons. The lowest BCUT2D eigenvalue weighted by Gasteiger charge is -2.12. The highest BCUT2D eigenvalue weighted by molar-refractivity contribution is 7.15. The Bertz CT molecular complexity index is 408. The summed E-state index contributed by atoms with van der Waals surface area (Å²) in [6.07, 6.45) is 0. The molecule has 0 saturated carbocycles. The number of nitrogens with one attached hydrogen (secondary N) is 2. The molecule has 0 aliphatic carbocycles. The van der Waals surface area contributed by atoms with Crippen molar-refractivity contribution >= 4 is 28.5 Å². The number of methoxy groups -OCH3 is 1. The van der Waals surface area contributed by atoms with E-state index in [1.54, 1.807) is 6.92 Å². The first-order valence-corrected chi connectivity index (χ1v) is 5.44. The number of amides is 2. The van der Waals surface area contributed by atoms with Gasteiger partial charge in [-0.3, -0.25) is 5.32 Å². The van der Waals surface area contributed by atoms with E-state index >= 15 is 0 Å². The number of urea groups is 1. The predicted octanol–water partition coefficient (Wildman–Crippen LogP) is 0.0676. The molecule has 17 heavy (non-hydrogen) atoms. The summed E-state index contributed by atoms with van der Waals surface area (Å²) in [6, 6.07) is -1.76. The van der Waals surface area contributed by atoms with E-state index in [9.17, 15) is 9.59 Å². The number of nitrogens with zero attached hydrogens (tertiary/aromatic N) is 2. The van der Waals surface area contributed by atoms with Crippen LogP contribution in [-0.4, -0.2) is 47.1 Å². The molecule has 0 saturated heterocycles. The lowest BCUT2D eigenvalue weighted by atomic mass is 10.3. The molecule has 94 valence electrons. The second-order valence-corrected chi connectivity index (χ2v) is 4.25. The van der Waals surface area contributed by atoms with E-state index in [0.717, 1.165) is 0 Å². The monoisotopic (exact) mass is 260 g/mol. The summed E-state index contributed by atoms with van der Waals surface area (Å²) in [4.78, 5) is 22.1. The lowest BCUT2D eigenvalue weighted by Crippen LogP contribution is -2.45. The molecule has 0 aliphatic heterocycles. The van der Waals surface area contributed by atoms with Gasteiger partial charge in [0.15, 0.2) is 6.04 Å². The molecule has 0 bridgehead atoms. The number of aliphatic carboxylic acids is 1. The lowest BCUT2D eigenvalue weighted by molar-refractivity contribution is -0.140. The fraction of sp³-hybridized carbons (Fsp3) is 0.500. The van der Waals surface area contributed by atoms with Gasteiger partial charge in [0.25, 0.3) is 0 Å². The highest BCUT2D eigenvalue weighted by atomic mass is 32.1. The van der Waals surface area contributed by atoms with E-state index in [-0.39, 0.29) is 6.61 Å². The molecule has 1 rings (SSSR count). The Balaban J connectivity index is 2.50. The number of rotatable bonds is 5. The van der Waals surface area contributed by atoms with Crippen LogP contribution in [0, 0.1) is 6.92 Å². The second kappa shape index (κ2) is 6.11. The van der Waals surface area contributed by atoms with Crippen LogP contribution in [0.1, 0.15) is 5.01 Å². The van der Waals surface area contributed by atoms with Gasteiger partial charge in [0.05, 0.1) is 6.61 Å². The van der Waals surface area contributed by atoms with Gasteiger partial charge in [-0.05, 0) is 6.92 Å². The van der Waals surface area contributed by atoms with E-state index < -0.39 is 18.0 Å². The normalized spacial score (nSPS) is 11.9. The van der Waals surface area contributed by atoms with Gasteiger partial charge in [-0.2, -0.15) is 0 Å². The molecule has 1 atom stereocenters. The van der Waals surface area contributed by atoms with Crippen LogP contribution in [0.15, 0.2) is 0 Å². The number of carbonyl (C=O) groups excluding carboxylic acids is 1. The van der Waals surface area contributed by atoms with Gasteiger partial charge in [-0.1, -0.05) is 11.3 Å². The van der Waals surface area contributed by atoms with Gasteiger partial charge >= 0.3 is 12.0 Å². The third-order valence-electron chi connectivity index (χ3n) is 1.68. The van der Waals surface area contributed by atoms with Crippen molar-refractivity contribution < 1.29 is 19.4 Å². The summed E-state index contributed by atoms with van der Waals surface area (Å²) < 4.78 is 4.67. The average molecular weight is 260 g/mol. The smallest absolute Gasteiger partial charge is 0.328 e. The molecule has 1 aromatic rings. The molecule has 2 amide bonds. The van der Waals surface area contributed by atoms with Crippen molar-refractivity contribution in [1.82, 2.24) is 15.5 Å². The second-order valence-electron chi connectivity index (χ2n) is 3.07. The molecule has 1 heterocycles. The van der Waals surface area contributed by atoms with E-state index in [2.05, 4.69) is 25.6 Å². The molecule has 0 spiro atoms. The number of hydrogen-bond donors (Lipinski definition) is 3. The molecule has 0 fully saturated rings. The number of carboxylic acid groups (broad SMARTS) is 1. The number of carboxylic acids is 1. The standard InChI is InChI=1S/C8H12N4O4S/c1-4-11-12-8(17-4)10-7(15)9-5(3-16-2)6(13)14/h5H,3H2,1-2H3,(H,13,14)(H2,9,10,12,15). The molecule has 1 unspecified atom stereocenters. The molecule has 8 nitrogen and oxygen atoms in total. The molecular weight excluding hydrogens is 248 g/mol. The fourth-order valence-corrected chi connectivity index (χ4v) is 1.57. The molecule has 3 N–H and O–H groups in total. The number of carbonyl (C=O) groups is 2. The van der Waals surface area contributed by atoms with Gasteiger partial charge in [0.2, 0.25) is 5.13 Å². The summed E-state index contributed by atoms with van der Waals surface area (Å²) in [7, 11) is 1.35. The van der Waals surface area contributed by atoms with Gasteiger partial charge < -0.3 is 15.2 Å². The first-order valence-electron chi connectivity index (χ1n) is 4.62. The van der Waals surface area contributed by atoms with Crippen molar-refractivity contribution in [2.24, 2.45) is 0 Å². The van der Waals surface area contributed by atoms with Crippen LogP contribution in [0.3, 0.4) is 0 Å². The van der Waals surface area contributed by atoms with Crippen molar-refractivity contribution in [2.45, 2.75) is 13.0 Å². The van der Waals surface area contributed by atoms with Crippen molar-refractivity contribution in [3.63, 3.8) is 0 Å². The highest BCUT2D eigenvalue weighted by Gasteiger charge is 2.20. The molecule has 9 heteroatoms. The Labute approximate surface area is 101 Å². The average Bonchev–Trinajstić information content (AvgIpc) is 2.63. The zero-order chi connectivity index (χ0) is 12.8. The number of ether oxygens (including phenoxy) is 1. The molecule has 0 aliphatic rings. The number of hydrogen-bond acceptors (Lipinski definition) is 6. The number of aryl methyl sites for hydroxylation is 1. The first-order chi connectivity index (χ1) is 8.02. The van der Waals surface area contributed by atoms with Gasteiger partial charge in [0.1, 0.15) is 5.01 Å². The Kier molecular flexibility index (Phi) is 4.79. The van der Waals surface area contributed by atoms with E-state index in [0.29, 0.717) is 10.1 Å². The van der Waals surface area contributed by atoms with Crippen LogP contribution in [0.25, 0.3) is 0 Å². The van der Waals surface area contributed by atoms with Gasteiger partial charge in [-0.25, -0.2) is 9.59 Å². The SMILES string of the molecule is COCC(NC(=O)Nc1nnc(C)s1)C(=O)O. The Morgan fingerprint density at radius 3 is 2.71 bits per heavy atom. The van der Waals surface area contributed by atoms with Crippen LogP contribution in [0.4, 0.5) is 9.93 Å². The van der Waals surface area contributed by atoms with E-state index in [1.807, 2.05) is 0 Å². The minimum atomic E-state index is -1.17. The maximum Gasteiger partial charge on any atom is 0.328 e. The molecule has 1 aromatic heterocycles. The number of anilines is 1. The summed E-state index contributed by atoms with van der Waals surface area (Å²) in [5, 5.41) is 21.8. The van der Waals surface area contributed by atoms with Crippen LogP contribution in [0.5, 0.6) is 0 Å². The van der Waals surface area contributed by atoms with Crippen molar-refractivity contribution in [3.8, 4) is 0 Å². The minimum Gasteiger partial charge on any atom is -0.480 e. The summed E-state index contributed by atoms with van der Waals surface area (Å²) in [6.45, 7) is 1.63. The third kappa shape index (κ3) is 4.33. The highest BCUT2D eigenvalue weighted by Crippen LogP contribution is 2.13. The summed E-state index contributed by atoms with van der Waals surface area (Å²) in [5.41, 5.74) is 0. The topological polar surface area (TPSA) is 113 Å². The maximum atomic E-state index is 11.4. The van der Waals surface area contributed by atoms with Crippen molar-refractivity contribution in [1.29, 1.82) is 0 Å². The predicted molar refractivity (Wildman–Crippen MR) is 60.1 cm³/mol.